The van der Waals surface area contributed by atoms with Crippen molar-refractivity contribution in [3.63, 3.8) is 0 Å². The fraction of sp³-hybridized carbons (Fsp3) is 0.0909. The van der Waals surface area contributed by atoms with Crippen molar-refractivity contribution in [1.82, 2.24) is 19.9 Å². The lowest BCUT2D eigenvalue weighted by atomic mass is 9.83. The molecule has 21 rings (SSSR count). The van der Waals surface area contributed by atoms with E-state index in [9.17, 15) is 0 Å². The molecule has 0 unspecified atom stereocenters. The number of rotatable bonds is 4. The largest absolute Gasteiger partial charge is 0.360 e. The molecule has 92 heavy (non-hydrogen) atoms. The van der Waals surface area contributed by atoms with Crippen LogP contribution in [0.4, 0.5) is 0 Å². The summed E-state index contributed by atoms with van der Waals surface area (Å²) in [6.45, 7) is 9.04. The van der Waals surface area contributed by atoms with E-state index in [1.807, 2.05) is 0 Å². The first-order chi connectivity index (χ1) is 45.3. The molecule has 0 radical (unpaired) electrons. The van der Waals surface area contributed by atoms with Crippen LogP contribution >= 0.6 is 0 Å². The highest BCUT2D eigenvalue weighted by molar-refractivity contribution is 6.22. The van der Waals surface area contributed by atoms with E-state index >= 15 is 0 Å². The number of hydrogen-bond donors (Lipinski definition) is 4. The second-order valence-electron chi connectivity index (χ2n) is 27.0. The smallest absolute Gasteiger partial charge is 0.0654 e. The molecule has 0 aliphatic heterocycles. The van der Waals surface area contributed by atoms with Gasteiger partial charge in [-0.05, 0) is 138 Å². The summed E-state index contributed by atoms with van der Waals surface area (Å²) in [6.07, 6.45) is 0. The van der Waals surface area contributed by atoms with Gasteiger partial charge in [-0.2, -0.15) is 0 Å². The maximum atomic E-state index is 4.64. The molecule has 5 aliphatic carbocycles. The number of aryl methyl sites for hydroxylation is 4. The third kappa shape index (κ3) is 6.60. The van der Waals surface area contributed by atoms with Crippen LogP contribution in [0.1, 0.15) is 114 Å². The monoisotopic (exact) mass is 1170 g/mol. The number of hydrogen-bond acceptors (Lipinski definition) is 0. The molecule has 4 heteroatoms. The zero-order valence-corrected chi connectivity index (χ0v) is 51.4. The molecule has 432 valence electrons. The summed E-state index contributed by atoms with van der Waals surface area (Å²) in [7, 11) is 0. The van der Waals surface area contributed by atoms with E-state index in [2.05, 4.69) is 290 Å². The zero-order chi connectivity index (χ0) is 60.5. The molecule has 0 amide bonds. The molecule has 4 heterocycles. The summed E-state index contributed by atoms with van der Waals surface area (Å²) in [5.41, 5.74) is 39.7. The predicted molar refractivity (Wildman–Crippen MR) is 379 cm³/mol. The summed E-state index contributed by atoms with van der Waals surface area (Å²) in [5, 5.41) is 10.3. The van der Waals surface area contributed by atoms with Gasteiger partial charge in [-0.15, -0.1) is 0 Å². The summed E-state index contributed by atoms with van der Waals surface area (Å²) >= 11 is 0. The van der Waals surface area contributed by atoms with Gasteiger partial charge in [0.2, 0.25) is 0 Å². The number of nitrogens with one attached hydrogen (secondary N) is 4. The first-order valence-corrected chi connectivity index (χ1v) is 32.7. The average molecular weight is 1170 g/mol. The van der Waals surface area contributed by atoms with E-state index in [4.69, 9.17) is 0 Å². The second kappa shape index (κ2) is 18.2. The van der Waals surface area contributed by atoms with Crippen molar-refractivity contribution in [3.05, 3.63) is 333 Å². The molecule has 0 spiro atoms. The first-order valence-electron chi connectivity index (χ1n) is 32.7. The van der Waals surface area contributed by atoms with Crippen LogP contribution in [-0.2, 0) is 0 Å². The van der Waals surface area contributed by atoms with Gasteiger partial charge in [-0.25, -0.2) is 0 Å². The average Bonchev–Trinajstić information content (AvgIpc) is 1.53. The fourth-order valence-electron chi connectivity index (χ4n) is 18.5. The maximum Gasteiger partial charge on any atom is 0.0654 e. The molecule has 8 bridgehead atoms. The molecule has 0 fully saturated rings. The van der Waals surface area contributed by atoms with Crippen LogP contribution in [0, 0.1) is 27.7 Å². The lowest BCUT2D eigenvalue weighted by molar-refractivity contribution is 0.812. The lowest BCUT2D eigenvalue weighted by Crippen LogP contribution is -2.13. The van der Waals surface area contributed by atoms with E-state index in [1.54, 1.807) is 0 Å². The van der Waals surface area contributed by atoms with E-state index in [-0.39, 0.29) is 23.7 Å². The molecular weight excluding hydrogens is 1110 g/mol. The van der Waals surface area contributed by atoms with Gasteiger partial charge in [0.15, 0.2) is 0 Å². The molecule has 0 saturated heterocycles. The van der Waals surface area contributed by atoms with Crippen molar-refractivity contribution in [1.29, 1.82) is 0 Å². The Kier molecular flexibility index (Phi) is 10.0. The number of aromatic nitrogens is 4. The van der Waals surface area contributed by atoms with Crippen molar-refractivity contribution >= 4 is 43.1 Å². The molecular formula is C88H60N4. The van der Waals surface area contributed by atoms with Crippen molar-refractivity contribution in [3.8, 4) is 89.0 Å². The van der Waals surface area contributed by atoms with Gasteiger partial charge in [0, 0.05) is 90.1 Å². The third-order valence-corrected chi connectivity index (χ3v) is 21.8. The Morgan fingerprint density at radius 2 is 0.359 bits per heavy atom. The van der Waals surface area contributed by atoms with Crippen molar-refractivity contribution in [2.45, 2.75) is 51.4 Å². The minimum atomic E-state index is -0.296. The maximum absolute atomic E-state index is 4.64. The van der Waals surface area contributed by atoms with Crippen LogP contribution in [0.3, 0.4) is 0 Å². The summed E-state index contributed by atoms with van der Waals surface area (Å²) in [6, 6.07) is 93.6. The van der Waals surface area contributed by atoms with Crippen molar-refractivity contribution in [2.24, 2.45) is 0 Å². The van der Waals surface area contributed by atoms with Gasteiger partial charge in [0.25, 0.3) is 0 Å². The standard InChI is InChI=1S/C88H60N4/c1-45-17-5-29-53(41-45)69-81-73-57-33-9-21-49-23-11-35-59(65(49)57)75(73)83(89-81)70(54-30-6-18-46(2)42-54)85-77-61-37-13-25-51-27-15-39-63(67(51)61)79(77)87(91-85)72(56-32-8-20-48(4)44-56)88-80-64-40-16-28-52-26-14-38-62(68(52)64)78(80)86(92-88)71(55-31-7-19-47(3)43-55)84-76-60-36-12-24-50-22-10-34-58(66(50)60)74(76)82(69)90-84/h5-44,69-72,89-92H,1-4H3. The summed E-state index contributed by atoms with van der Waals surface area (Å²) in [5.74, 6) is -1.19. The van der Waals surface area contributed by atoms with Crippen LogP contribution in [0.15, 0.2) is 243 Å². The normalized spacial score (nSPS) is 16.5. The number of benzene rings is 12. The van der Waals surface area contributed by atoms with Gasteiger partial charge in [-0.1, -0.05) is 265 Å². The number of H-pyrrole nitrogens is 4. The Morgan fingerprint density at radius 1 is 0.196 bits per heavy atom. The van der Waals surface area contributed by atoms with Gasteiger partial charge in [0.05, 0.1) is 23.7 Å². The molecule has 16 aromatic rings. The SMILES string of the molecule is Cc1cccc(C2c3[nH]c(c4c3-c3cccc5cccc-4c35)C(c3cccc(C)c3)c3[nH]c(c4c3-c3cccc5cccc-4c35)C(c3cccc(C)c3)c3[nH]c(c4c3-c3cccc5cccc-4c35)C(c3cccc(C)c3)c3[nH]c2c2c3-c3cccc4cccc-2c34)c1. The Labute approximate surface area is 533 Å². The summed E-state index contributed by atoms with van der Waals surface area (Å²) in [4.78, 5) is 18.6. The highest BCUT2D eigenvalue weighted by Crippen LogP contribution is 2.65. The molecule has 0 saturated carbocycles. The molecule has 4 aromatic heterocycles. The van der Waals surface area contributed by atoms with Crippen LogP contribution in [0.2, 0.25) is 0 Å². The minimum Gasteiger partial charge on any atom is -0.360 e. The highest BCUT2D eigenvalue weighted by Gasteiger charge is 2.46. The first kappa shape index (κ1) is 50.6. The van der Waals surface area contributed by atoms with Gasteiger partial charge in [-0.3, -0.25) is 0 Å². The topological polar surface area (TPSA) is 63.2 Å². The van der Waals surface area contributed by atoms with Gasteiger partial charge < -0.3 is 19.9 Å². The fourth-order valence-corrected chi connectivity index (χ4v) is 18.5. The Hall–Kier alpha value is -11.2. The highest BCUT2D eigenvalue weighted by atomic mass is 14.9. The second-order valence-corrected chi connectivity index (χ2v) is 27.0. The predicted octanol–water partition coefficient (Wildman–Crippen LogP) is 22.5. The lowest BCUT2D eigenvalue weighted by Gasteiger charge is -2.24. The van der Waals surface area contributed by atoms with E-state index in [0.29, 0.717) is 0 Å². The van der Waals surface area contributed by atoms with Crippen molar-refractivity contribution < 1.29 is 0 Å². The van der Waals surface area contributed by atoms with E-state index in [0.717, 1.165) is 0 Å². The molecule has 4 nitrogen and oxygen atoms in total. The third-order valence-electron chi connectivity index (χ3n) is 21.8. The van der Waals surface area contributed by atoms with Gasteiger partial charge >= 0.3 is 0 Å². The molecule has 5 aliphatic rings. The summed E-state index contributed by atoms with van der Waals surface area (Å²) < 4.78 is 0. The van der Waals surface area contributed by atoms with Crippen LogP contribution in [0.5, 0.6) is 0 Å². The molecule has 12 aromatic carbocycles. The van der Waals surface area contributed by atoms with Gasteiger partial charge in [0.1, 0.15) is 0 Å². The molecule has 0 atom stereocenters. The van der Waals surface area contributed by atoms with Crippen molar-refractivity contribution in [2.75, 3.05) is 0 Å². The zero-order valence-electron chi connectivity index (χ0n) is 51.4. The van der Waals surface area contributed by atoms with E-state index in [1.165, 1.54) is 222 Å². The quantitative estimate of drug-likeness (QED) is 0.136. The van der Waals surface area contributed by atoms with Crippen LogP contribution in [-0.4, -0.2) is 19.9 Å². The van der Waals surface area contributed by atoms with Crippen LogP contribution in [0.25, 0.3) is 132 Å². The minimum absolute atomic E-state index is 0.296. The molecule has 4 N–H and O–H groups in total. The van der Waals surface area contributed by atoms with E-state index < -0.39 is 0 Å². The Bertz CT molecular complexity index is 5010. The Balaban J connectivity index is 1.01. The Morgan fingerprint density at radius 3 is 0.522 bits per heavy atom. The van der Waals surface area contributed by atoms with Crippen LogP contribution < -0.4 is 0 Å². The number of aromatic amines is 4.